The minimum absolute atomic E-state index is 0.540. The molecule has 0 spiro atoms. The van der Waals surface area contributed by atoms with E-state index in [1.54, 1.807) is 17.1 Å². The Labute approximate surface area is 103 Å². The molecule has 92 valence electrons. The first-order chi connectivity index (χ1) is 8.75. The van der Waals surface area contributed by atoms with Crippen molar-refractivity contribution in [2.45, 2.75) is 25.3 Å². The summed E-state index contributed by atoms with van der Waals surface area (Å²) in [4.78, 5) is 19.5. The van der Waals surface area contributed by atoms with Gasteiger partial charge in [0.1, 0.15) is 11.7 Å². The summed E-state index contributed by atoms with van der Waals surface area (Å²) in [5.41, 5.74) is 0.857. The standard InChI is InChI=1S/C12H12N4O2/c17-12(18)9-2-1-7-16-11(9)14-10(15-16)8-3-5-13-6-4-8/h3-6,9H,1-2,7H2,(H,17,18). The molecule has 1 atom stereocenters. The second-order valence-corrected chi connectivity index (χ2v) is 4.29. The van der Waals surface area contributed by atoms with Gasteiger partial charge in [-0.2, -0.15) is 5.10 Å². The Morgan fingerprint density at radius 3 is 2.89 bits per heavy atom. The fourth-order valence-electron chi connectivity index (χ4n) is 2.21. The lowest BCUT2D eigenvalue weighted by Gasteiger charge is -2.17. The molecule has 1 unspecified atom stereocenters. The van der Waals surface area contributed by atoms with Gasteiger partial charge >= 0.3 is 5.97 Å². The van der Waals surface area contributed by atoms with E-state index in [2.05, 4.69) is 15.1 Å². The van der Waals surface area contributed by atoms with Gasteiger partial charge in [-0.3, -0.25) is 9.78 Å². The molecule has 0 fully saturated rings. The highest BCUT2D eigenvalue weighted by molar-refractivity contribution is 5.75. The minimum atomic E-state index is -0.829. The maximum absolute atomic E-state index is 11.2. The molecule has 1 N–H and O–H groups in total. The lowest BCUT2D eigenvalue weighted by Crippen LogP contribution is -2.22. The number of aliphatic carboxylic acids is 1. The quantitative estimate of drug-likeness (QED) is 0.861. The van der Waals surface area contributed by atoms with Crippen LogP contribution in [0.15, 0.2) is 24.5 Å². The molecule has 18 heavy (non-hydrogen) atoms. The van der Waals surface area contributed by atoms with Gasteiger partial charge in [0.25, 0.3) is 0 Å². The van der Waals surface area contributed by atoms with Crippen LogP contribution in [0, 0.1) is 0 Å². The van der Waals surface area contributed by atoms with E-state index in [0.29, 0.717) is 18.1 Å². The molecule has 2 aromatic rings. The minimum Gasteiger partial charge on any atom is -0.481 e. The summed E-state index contributed by atoms with van der Waals surface area (Å²) in [6.45, 7) is 0.733. The Bertz CT molecular complexity index is 579. The van der Waals surface area contributed by atoms with E-state index in [1.807, 2.05) is 12.1 Å². The molecule has 3 rings (SSSR count). The van der Waals surface area contributed by atoms with Crippen molar-refractivity contribution in [1.29, 1.82) is 0 Å². The molecule has 2 aromatic heterocycles. The number of carbonyl (C=O) groups is 1. The summed E-state index contributed by atoms with van der Waals surface area (Å²) in [5.74, 6) is -0.243. The molecule has 0 saturated heterocycles. The van der Waals surface area contributed by atoms with Crippen LogP contribution in [-0.4, -0.2) is 30.8 Å². The van der Waals surface area contributed by atoms with E-state index >= 15 is 0 Å². The highest BCUT2D eigenvalue weighted by Crippen LogP contribution is 2.27. The van der Waals surface area contributed by atoms with Gasteiger partial charge < -0.3 is 5.11 Å². The monoisotopic (exact) mass is 244 g/mol. The zero-order chi connectivity index (χ0) is 12.5. The normalized spacial score (nSPS) is 18.3. The van der Waals surface area contributed by atoms with Crippen molar-refractivity contribution >= 4 is 5.97 Å². The third-order valence-electron chi connectivity index (χ3n) is 3.11. The van der Waals surface area contributed by atoms with Crippen LogP contribution in [0.2, 0.25) is 0 Å². The van der Waals surface area contributed by atoms with E-state index in [1.165, 1.54) is 0 Å². The van der Waals surface area contributed by atoms with E-state index in [-0.39, 0.29) is 0 Å². The Hall–Kier alpha value is -2.24. The summed E-state index contributed by atoms with van der Waals surface area (Å²) in [7, 11) is 0. The van der Waals surface area contributed by atoms with Gasteiger partial charge in [0.15, 0.2) is 5.82 Å². The summed E-state index contributed by atoms with van der Waals surface area (Å²) in [6, 6.07) is 3.63. The van der Waals surface area contributed by atoms with Gasteiger partial charge in [0.2, 0.25) is 0 Å². The van der Waals surface area contributed by atoms with E-state index in [9.17, 15) is 9.90 Å². The van der Waals surface area contributed by atoms with Crippen molar-refractivity contribution < 1.29 is 9.90 Å². The molecule has 3 heterocycles. The summed E-state index contributed by atoms with van der Waals surface area (Å²) >= 11 is 0. The van der Waals surface area contributed by atoms with Crippen LogP contribution in [0.3, 0.4) is 0 Å². The zero-order valence-electron chi connectivity index (χ0n) is 9.65. The van der Waals surface area contributed by atoms with Crippen LogP contribution in [0.1, 0.15) is 24.6 Å². The number of fused-ring (bicyclic) bond motifs is 1. The maximum Gasteiger partial charge on any atom is 0.314 e. The second kappa shape index (κ2) is 4.21. The number of hydrogen-bond donors (Lipinski definition) is 1. The molecule has 1 aliphatic rings. The summed E-state index contributed by atoms with van der Waals surface area (Å²) in [6.07, 6.45) is 4.79. The average molecular weight is 244 g/mol. The molecular formula is C12H12N4O2. The first-order valence-electron chi connectivity index (χ1n) is 5.83. The second-order valence-electron chi connectivity index (χ2n) is 4.29. The van der Waals surface area contributed by atoms with Gasteiger partial charge in [0.05, 0.1) is 0 Å². The van der Waals surface area contributed by atoms with Crippen molar-refractivity contribution in [2.75, 3.05) is 0 Å². The Kier molecular flexibility index (Phi) is 2.55. The van der Waals surface area contributed by atoms with Crippen molar-refractivity contribution in [3.63, 3.8) is 0 Å². The Morgan fingerprint density at radius 1 is 1.39 bits per heavy atom. The topological polar surface area (TPSA) is 80.9 Å². The molecule has 0 aromatic carbocycles. The molecule has 6 heteroatoms. The van der Waals surface area contributed by atoms with Gasteiger partial charge in [-0.1, -0.05) is 0 Å². The van der Waals surface area contributed by atoms with Gasteiger partial charge in [-0.05, 0) is 25.0 Å². The predicted molar refractivity (Wildman–Crippen MR) is 62.9 cm³/mol. The SMILES string of the molecule is O=C(O)C1CCCn2nc(-c3ccncc3)nc21. The molecule has 0 aliphatic carbocycles. The highest BCUT2D eigenvalue weighted by atomic mass is 16.4. The number of nitrogens with zero attached hydrogens (tertiary/aromatic N) is 4. The third kappa shape index (κ3) is 1.75. The third-order valence-corrected chi connectivity index (χ3v) is 3.11. The summed E-state index contributed by atoms with van der Waals surface area (Å²) in [5, 5.41) is 13.5. The largest absolute Gasteiger partial charge is 0.481 e. The van der Waals surface area contributed by atoms with Crippen LogP contribution in [-0.2, 0) is 11.3 Å². The number of aryl methyl sites for hydroxylation is 1. The van der Waals surface area contributed by atoms with Crippen LogP contribution in [0.5, 0.6) is 0 Å². The van der Waals surface area contributed by atoms with Crippen LogP contribution >= 0.6 is 0 Å². The van der Waals surface area contributed by atoms with Crippen molar-refractivity contribution in [3.8, 4) is 11.4 Å². The van der Waals surface area contributed by atoms with Crippen LogP contribution in [0.25, 0.3) is 11.4 Å². The lowest BCUT2D eigenvalue weighted by atomic mass is 10.00. The average Bonchev–Trinajstić information content (AvgIpc) is 2.83. The number of pyridine rings is 1. The van der Waals surface area contributed by atoms with Crippen LogP contribution < -0.4 is 0 Å². The fraction of sp³-hybridized carbons (Fsp3) is 0.333. The number of hydrogen-bond acceptors (Lipinski definition) is 4. The van der Waals surface area contributed by atoms with E-state index < -0.39 is 11.9 Å². The lowest BCUT2D eigenvalue weighted by molar-refractivity contribution is -0.139. The van der Waals surface area contributed by atoms with E-state index in [0.717, 1.165) is 18.5 Å². The smallest absolute Gasteiger partial charge is 0.314 e. The molecule has 1 aliphatic heterocycles. The first kappa shape index (κ1) is 10.9. The maximum atomic E-state index is 11.2. The number of rotatable bonds is 2. The first-order valence-corrected chi connectivity index (χ1v) is 5.83. The van der Waals surface area contributed by atoms with Gasteiger partial charge in [-0.15, -0.1) is 0 Å². The molecule has 6 nitrogen and oxygen atoms in total. The molecule has 0 bridgehead atoms. The molecule has 0 radical (unpaired) electrons. The number of aromatic nitrogens is 4. The number of carboxylic acid groups (broad SMARTS) is 1. The van der Waals surface area contributed by atoms with Crippen LogP contribution in [0.4, 0.5) is 0 Å². The van der Waals surface area contributed by atoms with Crippen molar-refractivity contribution in [1.82, 2.24) is 19.7 Å². The fourth-order valence-corrected chi connectivity index (χ4v) is 2.21. The highest BCUT2D eigenvalue weighted by Gasteiger charge is 2.29. The zero-order valence-corrected chi connectivity index (χ0v) is 9.65. The molecule has 0 saturated carbocycles. The van der Waals surface area contributed by atoms with Gasteiger partial charge in [-0.25, -0.2) is 9.67 Å². The Balaban J connectivity index is 2.04. The van der Waals surface area contributed by atoms with Gasteiger partial charge in [0, 0.05) is 24.5 Å². The predicted octanol–water partition coefficient (Wildman–Crippen LogP) is 1.30. The number of carboxylic acids is 1. The Morgan fingerprint density at radius 2 is 2.17 bits per heavy atom. The van der Waals surface area contributed by atoms with Crippen molar-refractivity contribution in [2.24, 2.45) is 0 Å². The molecule has 0 amide bonds. The van der Waals surface area contributed by atoms with E-state index in [4.69, 9.17) is 0 Å². The molecular weight excluding hydrogens is 232 g/mol. The van der Waals surface area contributed by atoms with Crippen molar-refractivity contribution in [3.05, 3.63) is 30.4 Å². The summed E-state index contributed by atoms with van der Waals surface area (Å²) < 4.78 is 1.71.